The SMILES string of the molecule is Cc1nc2nc(N)[nH]n2c(=O)c1[N+](=O)[O-]. The van der Waals surface area contributed by atoms with Crippen molar-refractivity contribution in [2.75, 3.05) is 5.73 Å². The van der Waals surface area contributed by atoms with Gasteiger partial charge in [-0.3, -0.25) is 20.0 Å². The average Bonchev–Trinajstić information content (AvgIpc) is 2.45. The van der Waals surface area contributed by atoms with Gasteiger partial charge in [0.1, 0.15) is 5.69 Å². The Morgan fingerprint density at radius 3 is 2.80 bits per heavy atom. The molecule has 0 saturated carbocycles. The van der Waals surface area contributed by atoms with Crippen LogP contribution in [0.5, 0.6) is 0 Å². The minimum Gasteiger partial charge on any atom is -0.368 e. The van der Waals surface area contributed by atoms with Crippen LogP contribution in [-0.4, -0.2) is 24.5 Å². The fraction of sp³-hybridized carbons (Fsp3) is 0.167. The molecule has 2 heterocycles. The van der Waals surface area contributed by atoms with Gasteiger partial charge in [0, 0.05) is 0 Å². The first kappa shape index (κ1) is 9.12. The Morgan fingerprint density at radius 2 is 2.20 bits per heavy atom. The number of nitrogens with two attached hydrogens (primary N) is 1. The Balaban J connectivity index is 2.96. The maximum atomic E-state index is 11.6. The molecule has 2 rings (SSSR count). The van der Waals surface area contributed by atoms with Crippen LogP contribution in [0.15, 0.2) is 4.79 Å². The van der Waals surface area contributed by atoms with Gasteiger partial charge in [-0.05, 0) is 6.92 Å². The van der Waals surface area contributed by atoms with E-state index in [9.17, 15) is 14.9 Å². The van der Waals surface area contributed by atoms with Crippen molar-refractivity contribution in [1.82, 2.24) is 19.6 Å². The molecule has 15 heavy (non-hydrogen) atoms. The second kappa shape index (κ2) is 2.77. The molecule has 0 bridgehead atoms. The molecule has 0 atom stereocenters. The molecular formula is C6H6N6O3. The number of hydrogen-bond donors (Lipinski definition) is 2. The summed E-state index contributed by atoms with van der Waals surface area (Å²) >= 11 is 0. The van der Waals surface area contributed by atoms with E-state index in [1.54, 1.807) is 0 Å². The molecule has 3 N–H and O–H groups in total. The molecule has 0 saturated heterocycles. The van der Waals surface area contributed by atoms with Crippen LogP contribution in [0.25, 0.3) is 5.78 Å². The van der Waals surface area contributed by atoms with Crippen molar-refractivity contribution in [1.29, 1.82) is 0 Å². The topological polar surface area (TPSA) is 132 Å². The van der Waals surface area contributed by atoms with Gasteiger partial charge in [0.15, 0.2) is 0 Å². The summed E-state index contributed by atoms with van der Waals surface area (Å²) in [6.45, 7) is 1.37. The number of nitrogen functional groups attached to an aromatic ring is 1. The second-order valence-corrected chi connectivity index (χ2v) is 2.85. The first-order chi connectivity index (χ1) is 7.00. The van der Waals surface area contributed by atoms with Crippen molar-refractivity contribution in [3.63, 3.8) is 0 Å². The van der Waals surface area contributed by atoms with E-state index >= 15 is 0 Å². The average molecular weight is 210 g/mol. The van der Waals surface area contributed by atoms with Crippen LogP contribution in [0.4, 0.5) is 11.6 Å². The predicted octanol–water partition coefficient (Wildman–Crippen LogP) is -0.784. The minimum atomic E-state index is -0.827. The number of H-pyrrole nitrogens is 1. The molecule has 78 valence electrons. The van der Waals surface area contributed by atoms with Crippen LogP contribution in [0, 0.1) is 17.0 Å². The molecule has 0 spiro atoms. The highest BCUT2D eigenvalue weighted by Gasteiger charge is 2.21. The van der Waals surface area contributed by atoms with Gasteiger partial charge in [0.25, 0.3) is 5.78 Å². The Labute approximate surface area is 81.7 Å². The highest BCUT2D eigenvalue weighted by molar-refractivity contribution is 5.41. The van der Waals surface area contributed by atoms with Gasteiger partial charge in [-0.1, -0.05) is 0 Å². The molecule has 0 unspecified atom stereocenters. The van der Waals surface area contributed by atoms with E-state index < -0.39 is 16.2 Å². The van der Waals surface area contributed by atoms with E-state index in [0.717, 1.165) is 4.52 Å². The van der Waals surface area contributed by atoms with Crippen molar-refractivity contribution in [3.8, 4) is 0 Å². The number of anilines is 1. The molecule has 9 heteroatoms. The largest absolute Gasteiger partial charge is 0.368 e. The lowest BCUT2D eigenvalue weighted by Gasteiger charge is -1.95. The smallest absolute Gasteiger partial charge is 0.357 e. The number of hydrogen-bond acceptors (Lipinski definition) is 6. The Bertz CT molecular complexity index is 611. The number of nitro groups is 1. The number of aromatic amines is 1. The van der Waals surface area contributed by atoms with Gasteiger partial charge in [0.2, 0.25) is 5.95 Å². The maximum Gasteiger partial charge on any atom is 0.357 e. The summed E-state index contributed by atoms with van der Waals surface area (Å²) < 4.78 is 0.834. The van der Waals surface area contributed by atoms with Gasteiger partial charge < -0.3 is 5.73 Å². The van der Waals surface area contributed by atoms with E-state index in [4.69, 9.17) is 5.73 Å². The van der Waals surface area contributed by atoms with Crippen LogP contribution in [0.1, 0.15) is 5.69 Å². The zero-order valence-corrected chi connectivity index (χ0v) is 7.59. The van der Waals surface area contributed by atoms with E-state index in [2.05, 4.69) is 15.1 Å². The summed E-state index contributed by atoms with van der Waals surface area (Å²) in [5.74, 6) is -0.0138. The van der Waals surface area contributed by atoms with Crippen LogP contribution in [0.3, 0.4) is 0 Å². The quantitative estimate of drug-likeness (QED) is 0.468. The zero-order chi connectivity index (χ0) is 11.2. The third-order valence-corrected chi connectivity index (χ3v) is 1.85. The monoisotopic (exact) mass is 210 g/mol. The molecule has 0 fully saturated rings. The normalized spacial score (nSPS) is 10.7. The summed E-state index contributed by atoms with van der Waals surface area (Å²) in [6.07, 6.45) is 0. The molecule has 0 amide bonds. The second-order valence-electron chi connectivity index (χ2n) is 2.85. The highest BCUT2D eigenvalue weighted by atomic mass is 16.6. The minimum absolute atomic E-state index is 0.0106. The molecule has 2 aromatic heterocycles. The molecule has 0 radical (unpaired) electrons. The molecule has 0 aliphatic carbocycles. The molecular weight excluding hydrogens is 204 g/mol. The van der Waals surface area contributed by atoms with Crippen molar-refractivity contribution in [2.45, 2.75) is 6.92 Å². The van der Waals surface area contributed by atoms with Crippen LogP contribution in [-0.2, 0) is 0 Å². The lowest BCUT2D eigenvalue weighted by Crippen LogP contribution is -2.20. The van der Waals surface area contributed by atoms with Crippen LogP contribution >= 0.6 is 0 Å². The van der Waals surface area contributed by atoms with E-state index in [0.29, 0.717) is 0 Å². The van der Waals surface area contributed by atoms with E-state index in [1.807, 2.05) is 0 Å². The Kier molecular flexibility index (Phi) is 1.68. The number of rotatable bonds is 1. The Hall–Kier alpha value is -2.45. The lowest BCUT2D eigenvalue weighted by atomic mass is 10.4. The predicted molar refractivity (Wildman–Crippen MR) is 49.4 cm³/mol. The van der Waals surface area contributed by atoms with Crippen molar-refractivity contribution in [2.24, 2.45) is 0 Å². The lowest BCUT2D eigenvalue weighted by molar-refractivity contribution is -0.387. The van der Waals surface area contributed by atoms with E-state index in [-0.39, 0.29) is 17.4 Å². The van der Waals surface area contributed by atoms with Crippen molar-refractivity contribution in [3.05, 3.63) is 26.2 Å². The molecule has 0 aromatic carbocycles. The van der Waals surface area contributed by atoms with E-state index in [1.165, 1.54) is 6.92 Å². The van der Waals surface area contributed by atoms with Gasteiger partial charge in [-0.25, -0.2) is 4.98 Å². The van der Waals surface area contributed by atoms with Gasteiger partial charge >= 0.3 is 11.2 Å². The standard InChI is InChI=1S/C6H6N6O3/c1-2-3(12(14)15)4(13)11-6(8-2)9-5(7)10-11/h1H3,(H3,7,8,9,10). The molecule has 0 aliphatic rings. The molecule has 9 nitrogen and oxygen atoms in total. The van der Waals surface area contributed by atoms with Crippen LogP contribution < -0.4 is 11.3 Å². The van der Waals surface area contributed by atoms with Crippen molar-refractivity contribution >= 4 is 17.4 Å². The summed E-state index contributed by atoms with van der Waals surface area (Å²) in [6, 6.07) is 0. The number of nitrogens with one attached hydrogen (secondary N) is 1. The fourth-order valence-electron chi connectivity index (χ4n) is 1.24. The van der Waals surface area contributed by atoms with Crippen LogP contribution in [0.2, 0.25) is 0 Å². The van der Waals surface area contributed by atoms with Gasteiger partial charge in [-0.2, -0.15) is 9.50 Å². The summed E-state index contributed by atoms with van der Waals surface area (Å²) in [7, 11) is 0. The summed E-state index contributed by atoms with van der Waals surface area (Å²) in [4.78, 5) is 28.8. The first-order valence-corrected chi connectivity index (χ1v) is 3.90. The molecule has 2 aromatic rings. The molecule has 0 aliphatic heterocycles. The number of nitrogens with zero attached hydrogens (tertiary/aromatic N) is 4. The summed E-state index contributed by atoms with van der Waals surface area (Å²) in [5.41, 5.74) is 3.90. The number of aryl methyl sites for hydroxylation is 1. The van der Waals surface area contributed by atoms with Gasteiger partial charge in [0.05, 0.1) is 4.92 Å². The van der Waals surface area contributed by atoms with Crippen molar-refractivity contribution < 1.29 is 4.92 Å². The highest BCUT2D eigenvalue weighted by Crippen LogP contribution is 2.09. The Morgan fingerprint density at radius 1 is 1.53 bits per heavy atom. The third kappa shape index (κ3) is 1.21. The number of fused-ring (bicyclic) bond motifs is 1. The zero-order valence-electron chi connectivity index (χ0n) is 7.59. The third-order valence-electron chi connectivity index (χ3n) is 1.85. The summed E-state index contributed by atoms with van der Waals surface area (Å²) in [5, 5.41) is 12.9. The number of aromatic nitrogens is 4. The maximum absolute atomic E-state index is 11.6. The fourth-order valence-corrected chi connectivity index (χ4v) is 1.24. The van der Waals surface area contributed by atoms with Gasteiger partial charge in [-0.15, -0.1) is 0 Å². The first-order valence-electron chi connectivity index (χ1n) is 3.90.